The van der Waals surface area contributed by atoms with Crippen LogP contribution < -0.4 is 11.1 Å². The molecule has 13 heavy (non-hydrogen) atoms. The second-order valence-electron chi connectivity index (χ2n) is 2.76. The minimum Gasteiger partial charge on any atom is -0.351 e. The average molecular weight is 175 g/mol. The summed E-state index contributed by atoms with van der Waals surface area (Å²) in [5, 5.41) is 3.52. The number of carbonyl (C=O) groups excluding carboxylic acids is 1. The molecule has 0 aliphatic carbocycles. The SMILES string of the molecule is NC(=O)Nc1cc2ccccc2[nH]1. The number of fused-ring (bicyclic) bond motifs is 1. The molecule has 4 N–H and O–H groups in total. The Balaban J connectivity index is 2.44. The molecular weight excluding hydrogens is 166 g/mol. The third-order valence-corrected chi connectivity index (χ3v) is 1.79. The monoisotopic (exact) mass is 175 g/mol. The van der Waals surface area contributed by atoms with E-state index in [4.69, 9.17) is 5.73 Å². The van der Waals surface area contributed by atoms with Crippen molar-refractivity contribution in [3.63, 3.8) is 0 Å². The second-order valence-corrected chi connectivity index (χ2v) is 2.76. The van der Waals surface area contributed by atoms with E-state index in [2.05, 4.69) is 10.3 Å². The van der Waals surface area contributed by atoms with Crippen molar-refractivity contribution in [2.24, 2.45) is 5.73 Å². The van der Waals surface area contributed by atoms with Gasteiger partial charge < -0.3 is 10.7 Å². The number of aromatic nitrogens is 1. The number of amides is 2. The van der Waals surface area contributed by atoms with Gasteiger partial charge in [-0.05, 0) is 12.1 Å². The lowest BCUT2D eigenvalue weighted by Gasteiger charge is -1.94. The Kier molecular flexibility index (Phi) is 1.66. The summed E-state index contributed by atoms with van der Waals surface area (Å²) < 4.78 is 0. The van der Waals surface area contributed by atoms with E-state index in [0.717, 1.165) is 10.9 Å². The van der Waals surface area contributed by atoms with Crippen LogP contribution in [-0.4, -0.2) is 11.0 Å². The Bertz CT molecular complexity index is 414. The van der Waals surface area contributed by atoms with E-state index >= 15 is 0 Å². The van der Waals surface area contributed by atoms with Crippen LogP contribution in [0, 0.1) is 0 Å². The lowest BCUT2D eigenvalue weighted by molar-refractivity contribution is 0.259. The fourth-order valence-corrected chi connectivity index (χ4v) is 1.27. The molecule has 1 heterocycles. The number of rotatable bonds is 1. The molecule has 0 saturated heterocycles. The van der Waals surface area contributed by atoms with Crippen molar-refractivity contribution in [1.82, 2.24) is 4.98 Å². The van der Waals surface area contributed by atoms with Crippen LogP contribution in [0.3, 0.4) is 0 Å². The first-order chi connectivity index (χ1) is 6.25. The van der Waals surface area contributed by atoms with Crippen LogP contribution in [0.1, 0.15) is 0 Å². The first kappa shape index (κ1) is 7.67. The molecule has 1 aromatic heterocycles. The Labute approximate surface area is 74.7 Å². The number of urea groups is 1. The molecule has 0 atom stereocenters. The Morgan fingerprint density at radius 2 is 2.15 bits per heavy atom. The van der Waals surface area contributed by atoms with Crippen molar-refractivity contribution < 1.29 is 4.79 Å². The molecule has 0 bridgehead atoms. The molecule has 2 rings (SSSR count). The topological polar surface area (TPSA) is 70.9 Å². The maximum Gasteiger partial charge on any atom is 0.317 e. The molecule has 0 unspecified atom stereocenters. The Hall–Kier alpha value is -1.97. The van der Waals surface area contributed by atoms with E-state index in [1.165, 1.54) is 0 Å². The van der Waals surface area contributed by atoms with Gasteiger partial charge in [-0.2, -0.15) is 0 Å². The van der Waals surface area contributed by atoms with Gasteiger partial charge in [0.15, 0.2) is 0 Å². The highest BCUT2D eigenvalue weighted by atomic mass is 16.2. The lowest BCUT2D eigenvalue weighted by Crippen LogP contribution is -2.19. The van der Waals surface area contributed by atoms with Crippen LogP contribution in [0.25, 0.3) is 10.9 Å². The van der Waals surface area contributed by atoms with E-state index in [0.29, 0.717) is 5.82 Å². The van der Waals surface area contributed by atoms with Gasteiger partial charge in [-0.25, -0.2) is 4.79 Å². The van der Waals surface area contributed by atoms with Crippen LogP contribution in [0.4, 0.5) is 10.6 Å². The molecule has 0 radical (unpaired) electrons. The molecular formula is C9H9N3O. The number of H-pyrrole nitrogens is 1. The van der Waals surface area contributed by atoms with Crippen LogP contribution in [-0.2, 0) is 0 Å². The van der Waals surface area contributed by atoms with E-state index < -0.39 is 6.03 Å². The van der Waals surface area contributed by atoms with E-state index in [1.54, 1.807) is 0 Å². The van der Waals surface area contributed by atoms with Gasteiger partial charge in [0.2, 0.25) is 0 Å². The predicted molar refractivity (Wildman–Crippen MR) is 51.5 cm³/mol. The molecule has 0 fully saturated rings. The molecule has 66 valence electrons. The number of para-hydroxylation sites is 1. The molecule has 2 amide bonds. The summed E-state index contributed by atoms with van der Waals surface area (Å²) >= 11 is 0. The summed E-state index contributed by atoms with van der Waals surface area (Å²) in [6.07, 6.45) is 0. The highest BCUT2D eigenvalue weighted by Gasteiger charge is 2.00. The smallest absolute Gasteiger partial charge is 0.317 e. The largest absolute Gasteiger partial charge is 0.351 e. The molecule has 4 heteroatoms. The third kappa shape index (κ3) is 1.46. The number of nitrogens with two attached hydrogens (primary N) is 1. The van der Waals surface area contributed by atoms with Crippen molar-refractivity contribution in [1.29, 1.82) is 0 Å². The summed E-state index contributed by atoms with van der Waals surface area (Å²) in [7, 11) is 0. The van der Waals surface area contributed by atoms with Gasteiger partial charge in [0.1, 0.15) is 5.82 Å². The summed E-state index contributed by atoms with van der Waals surface area (Å²) in [6.45, 7) is 0. The lowest BCUT2D eigenvalue weighted by atomic mass is 10.2. The quantitative estimate of drug-likeness (QED) is 0.606. The first-order valence-electron chi connectivity index (χ1n) is 3.90. The Morgan fingerprint density at radius 1 is 1.38 bits per heavy atom. The van der Waals surface area contributed by atoms with Gasteiger partial charge >= 0.3 is 6.03 Å². The van der Waals surface area contributed by atoms with E-state index in [1.807, 2.05) is 30.3 Å². The van der Waals surface area contributed by atoms with Gasteiger partial charge in [-0.15, -0.1) is 0 Å². The third-order valence-electron chi connectivity index (χ3n) is 1.79. The second kappa shape index (κ2) is 2.82. The minimum atomic E-state index is -0.563. The Morgan fingerprint density at radius 3 is 2.85 bits per heavy atom. The number of aromatic amines is 1. The molecule has 2 aromatic rings. The van der Waals surface area contributed by atoms with Gasteiger partial charge in [0, 0.05) is 10.9 Å². The number of anilines is 1. The zero-order chi connectivity index (χ0) is 9.26. The molecule has 0 aliphatic rings. The molecule has 0 aliphatic heterocycles. The predicted octanol–water partition coefficient (Wildman–Crippen LogP) is 1.66. The maximum absolute atomic E-state index is 10.5. The molecule has 0 spiro atoms. The first-order valence-corrected chi connectivity index (χ1v) is 3.90. The maximum atomic E-state index is 10.5. The highest BCUT2D eigenvalue weighted by molar-refractivity contribution is 5.92. The van der Waals surface area contributed by atoms with Gasteiger partial charge in [0.25, 0.3) is 0 Å². The zero-order valence-electron chi connectivity index (χ0n) is 6.87. The number of benzene rings is 1. The minimum absolute atomic E-state index is 0.563. The van der Waals surface area contributed by atoms with Crippen molar-refractivity contribution in [2.45, 2.75) is 0 Å². The van der Waals surface area contributed by atoms with E-state index in [9.17, 15) is 4.79 Å². The highest BCUT2D eigenvalue weighted by Crippen LogP contribution is 2.17. The van der Waals surface area contributed by atoms with Crippen molar-refractivity contribution in [3.05, 3.63) is 30.3 Å². The normalized spacial score (nSPS) is 10.2. The van der Waals surface area contributed by atoms with Crippen LogP contribution in [0.15, 0.2) is 30.3 Å². The van der Waals surface area contributed by atoms with Crippen LogP contribution in [0.2, 0.25) is 0 Å². The summed E-state index contributed by atoms with van der Waals surface area (Å²) in [6, 6.07) is 9.02. The number of nitrogens with one attached hydrogen (secondary N) is 2. The standard InChI is InChI=1S/C9H9N3O/c10-9(13)12-8-5-6-3-1-2-4-7(6)11-8/h1-5,11H,(H3,10,12,13). The van der Waals surface area contributed by atoms with Crippen molar-refractivity contribution in [2.75, 3.05) is 5.32 Å². The molecule has 4 nitrogen and oxygen atoms in total. The van der Waals surface area contributed by atoms with Crippen molar-refractivity contribution in [3.8, 4) is 0 Å². The summed E-state index contributed by atoms with van der Waals surface area (Å²) in [4.78, 5) is 13.6. The number of hydrogen-bond donors (Lipinski definition) is 3. The van der Waals surface area contributed by atoms with E-state index in [-0.39, 0.29) is 0 Å². The van der Waals surface area contributed by atoms with Gasteiger partial charge in [0.05, 0.1) is 0 Å². The van der Waals surface area contributed by atoms with Crippen LogP contribution in [0.5, 0.6) is 0 Å². The molecule has 1 aromatic carbocycles. The molecule has 0 saturated carbocycles. The van der Waals surface area contributed by atoms with Crippen LogP contribution >= 0.6 is 0 Å². The number of hydrogen-bond acceptors (Lipinski definition) is 1. The number of primary amides is 1. The van der Waals surface area contributed by atoms with Gasteiger partial charge in [-0.1, -0.05) is 18.2 Å². The average Bonchev–Trinajstić information content (AvgIpc) is 2.44. The van der Waals surface area contributed by atoms with Crippen molar-refractivity contribution >= 4 is 22.8 Å². The summed E-state index contributed by atoms with van der Waals surface area (Å²) in [5.74, 6) is 0.619. The van der Waals surface area contributed by atoms with Gasteiger partial charge in [-0.3, -0.25) is 5.32 Å². The fraction of sp³-hybridized carbons (Fsp3) is 0. The summed E-state index contributed by atoms with van der Waals surface area (Å²) in [5.41, 5.74) is 5.95. The number of carbonyl (C=O) groups is 1. The fourth-order valence-electron chi connectivity index (χ4n) is 1.27. The zero-order valence-corrected chi connectivity index (χ0v) is 6.87.